The van der Waals surface area contributed by atoms with Gasteiger partial charge in [-0.15, -0.1) is 0 Å². The zero-order valence-corrected chi connectivity index (χ0v) is 16.2. The van der Waals surface area contributed by atoms with Gasteiger partial charge < -0.3 is 4.74 Å². The Kier molecular flexibility index (Phi) is 6.31. The van der Waals surface area contributed by atoms with Crippen LogP contribution in [0.2, 0.25) is 0 Å². The van der Waals surface area contributed by atoms with Gasteiger partial charge in [0.2, 0.25) is 0 Å². The predicted molar refractivity (Wildman–Crippen MR) is 114 cm³/mol. The fourth-order valence-electron chi connectivity index (χ4n) is 2.57. The molecule has 0 bridgehead atoms. The third kappa shape index (κ3) is 5.48. The second kappa shape index (κ2) is 9.27. The van der Waals surface area contributed by atoms with Crippen molar-refractivity contribution in [3.63, 3.8) is 0 Å². The minimum Gasteiger partial charge on any atom is -0.423 e. The molecule has 10 heteroatoms. The van der Waals surface area contributed by atoms with Gasteiger partial charge in [0.15, 0.2) is 0 Å². The number of carbonyl (C=O) groups is 1. The van der Waals surface area contributed by atoms with Gasteiger partial charge in [-0.05, 0) is 42.8 Å². The average Bonchev–Trinajstić information content (AvgIpc) is 2.74. The van der Waals surface area contributed by atoms with Crippen LogP contribution in [0.4, 0.5) is 17.1 Å². The normalized spacial score (nSPS) is 10.6. The first-order valence-corrected chi connectivity index (χ1v) is 8.94. The largest absolute Gasteiger partial charge is 0.423 e. The van der Waals surface area contributed by atoms with E-state index in [1.165, 1.54) is 12.3 Å². The SMILES string of the molecule is Cc1ccc(C(=O)Oc2cccc(/C=N\Nc3ccc([N+](=O)[O-])cc3[N+](=O)[O-])c2)cc1. The molecular weight excluding hydrogens is 404 g/mol. The summed E-state index contributed by atoms with van der Waals surface area (Å²) in [7, 11) is 0. The molecule has 0 fully saturated rings. The molecule has 0 aliphatic rings. The Labute approximate surface area is 176 Å². The molecule has 31 heavy (non-hydrogen) atoms. The highest BCUT2D eigenvalue weighted by molar-refractivity contribution is 5.91. The Morgan fingerprint density at radius 2 is 1.74 bits per heavy atom. The van der Waals surface area contributed by atoms with Crippen molar-refractivity contribution in [3.05, 3.63) is 104 Å². The summed E-state index contributed by atoms with van der Waals surface area (Å²) in [5.74, 6) is -0.204. The molecule has 0 saturated carbocycles. The molecule has 3 aromatic rings. The molecule has 156 valence electrons. The third-order valence-electron chi connectivity index (χ3n) is 4.14. The average molecular weight is 420 g/mol. The first kappa shape index (κ1) is 21.1. The molecule has 3 aromatic carbocycles. The number of hydrogen-bond donors (Lipinski definition) is 1. The maximum Gasteiger partial charge on any atom is 0.343 e. The van der Waals surface area contributed by atoms with Crippen LogP contribution in [0.15, 0.2) is 71.8 Å². The molecule has 0 atom stereocenters. The van der Waals surface area contributed by atoms with Gasteiger partial charge in [-0.25, -0.2) is 4.79 Å². The fourth-order valence-corrected chi connectivity index (χ4v) is 2.57. The Bertz CT molecular complexity index is 1170. The Balaban J connectivity index is 1.71. The lowest BCUT2D eigenvalue weighted by molar-refractivity contribution is -0.393. The van der Waals surface area contributed by atoms with Crippen LogP contribution in [0, 0.1) is 27.2 Å². The van der Waals surface area contributed by atoms with Crippen molar-refractivity contribution < 1.29 is 19.4 Å². The first-order valence-electron chi connectivity index (χ1n) is 8.94. The number of hydrazone groups is 1. The van der Waals surface area contributed by atoms with E-state index in [4.69, 9.17) is 4.74 Å². The Morgan fingerprint density at radius 3 is 2.42 bits per heavy atom. The number of aryl methyl sites for hydroxylation is 1. The predicted octanol–water partition coefficient (Wildman–Crippen LogP) is 4.48. The smallest absolute Gasteiger partial charge is 0.343 e. The van der Waals surface area contributed by atoms with Gasteiger partial charge in [-0.3, -0.25) is 25.7 Å². The van der Waals surface area contributed by atoms with Crippen LogP contribution < -0.4 is 10.2 Å². The molecule has 0 aromatic heterocycles. The summed E-state index contributed by atoms with van der Waals surface area (Å²) < 4.78 is 5.36. The van der Waals surface area contributed by atoms with E-state index in [0.29, 0.717) is 16.9 Å². The lowest BCUT2D eigenvalue weighted by Crippen LogP contribution is -2.08. The number of nitro groups is 2. The monoisotopic (exact) mass is 420 g/mol. The number of anilines is 1. The lowest BCUT2D eigenvalue weighted by atomic mass is 10.1. The van der Waals surface area contributed by atoms with Crippen molar-refractivity contribution >= 4 is 29.2 Å². The number of esters is 1. The molecule has 1 N–H and O–H groups in total. The highest BCUT2D eigenvalue weighted by atomic mass is 16.6. The maximum absolute atomic E-state index is 12.2. The summed E-state index contributed by atoms with van der Waals surface area (Å²) in [4.78, 5) is 32.7. The number of rotatable bonds is 7. The van der Waals surface area contributed by atoms with Crippen molar-refractivity contribution in [3.8, 4) is 5.75 Å². The number of nitro benzene ring substituents is 2. The first-order chi connectivity index (χ1) is 14.8. The van der Waals surface area contributed by atoms with Crippen LogP contribution in [0.5, 0.6) is 5.75 Å². The zero-order valence-electron chi connectivity index (χ0n) is 16.2. The summed E-state index contributed by atoms with van der Waals surface area (Å²) in [5, 5.41) is 25.9. The van der Waals surface area contributed by atoms with E-state index in [2.05, 4.69) is 10.5 Å². The number of ether oxygens (including phenoxy) is 1. The van der Waals surface area contributed by atoms with E-state index >= 15 is 0 Å². The van der Waals surface area contributed by atoms with Gasteiger partial charge in [0.25, 0.3) is 5.69 Å². The van der Waals surface area contributed by atoms with E-state index in [1.807, 2.05) is 19.1 Å². The molecule has 0 aliphatic carbocycles. The number of benzene rings is 3. The van der Waals surface area contributed by atoms with Crippen molar-refractivity contribution in [1.29, 1.82) is 0 Å². The van der Waals surface area contributed by atoms with Gasteiger partial charge in [0, 0.05) is 6.07 Å². The molecule has 3 rings (SSSR count). The van der Waals surface area contributed by atoms with Crippen LogP contribution >= 0.6 is 0 Å². The van der Waals surface area contributed by atoms with E-state index in [-0.39, 0.29) is 5.69 Å². The van der Waals surface area contributed by atoms with Crippen LogP contribution in [0.25, 0.3) is 0 Å². The number of nitrogens with one attached hydrogen (secondary N) is 1. The zero-order chi connectivity index (χ0) is 22.4. The van der Waals surface area contributed by atoms with E-state index in [0.717, 1.165) is 17.7 Å². The number of hydrogen-bond acceptors (Lipinski definition) is 8. The van der Waals surface area contributed by atoms with E-state index in [1.54, 1.807) is 36.4 Å². The molecule has 0 unspecified atom stereocenters. The molecule has 0 spiro atoms. The van der Waals surface area contributed by atoms with Crippen molar-refractivity contribution in [2.75, 3.05) is 5.43 Å². The highest BCUT2D eigenvalue weighted by Gasteiger charge is 2.19. The summed E-state index contributed by atoms with van der Waals surface area (Å²) >= 11 is 0. The molecule has 0 aliphatic heterocycles. The van der Waals surface area contributed by atoms with Crippen molar-refractivity contribution in [1.82, 2.24) is 0 Å². The van der Waals surface area contributed by atoms with Crippen LogP contribution in [0.1, 0.15) is 21.5 Å². The fraction of sp³-hybridized carbons (Fsp3) is 0.0476. The molecule has 10 nitrogen and oxygen atoms in total. The minimum absolute atomic E-state index is 0.00574. The number of nitrogens with zero attached hydrogens (tertiary/aromatic N) is 3. The summed E-state index contributed by atoms with van der Waals surface area (Å²) in [6, 6.07) is 16.7. The van der Waals surface area contributed by atoms with Crippen LogP contribution in [-0.4, -0.2) is 22.0 Å². The minimum atomic E-state index is -0.740. The molecule has 0 heterocycles. The molecule has 0 radical (unpaired) electrons. The third-order valence-corrected chi connectivity index (χ3v) is 4.14. The van der Waals surface area contributed by atoms with Gasteiger partial charge in [-0.1, -0.05) is 29.8 Å². The Hall–Kier alpha value is -4.60. The standard InChI is InChI=1S/C21H16N4O6/c1-14-5-7-16(8-6-14)21(26)31-18-4-2-3-15(11-18)13-22-23-19-10-9-17(24(27)28)12-20(19)25(29)30/h2-13,23H,1H3/b22-13-. The van der Waals surface area contributed by atoms with Gasteiger partial charge in [0.1, 0.15) is 11.4 Å². The lowest BCUT2D eigenvalue weighted by Gasteiger charge is -2.05. The quantitative estimate of drug-likeness (QED) is 0.196. The van der Waals surface area contributed by atoms with Gasteiger partial charge in [0.05, 0.1) is 27.7 Å². The van der Waals surface area contributed by atoms with Crippen LogP contribution in [0.3, 0.4) is 0 Å². The molecule has 0 amide bonds. The van der Waals surface area contributed by atoms with Crippen molar-refractivity contribution in [2.45, 2.75) is 6.92 Å². The van der Waals surface area contributed by atoms with E-state index in [9.17, 15) is 25.0 Å². The second-order valence-corrected chi connectivity index (χ2v) is 6.41. The summed E-state index contributed by atoms with van der Waals surface area (Å²) in [6.07, 6.45) is 1.37. The maximum atomic E-state index is 12.2. The van der Waals surface area contributed by atoms with Gasteiger partial charge in [-0.2, -0.15) is 5.10 Å². The summed E-state index contributed by atoms with van der Waals surface area (Å²) in [5.41, 5.74) is 3.61. The Morgan fingerprint density at radius 1 is 1.00 bits per heavy atom. The number of carbonyl (C=O) groups excluding carboxylic acids is 1. The van der Waals surface area contributed by atoms with E-state index < -0.39 is 27.2 Å². The number of non-ortho nitro benzene ring substituents is 1. The second-order valence-electron chi connectivity index (χ2n) is 6.41. The molecular formula is C21H16N4O6. The van der Waals surface area contributed by atoms with Gasteiger partial charge >= 0.3 is 11.7 Å². The highest BCUT2D eigenvalue weighted by Crippen LogP contribution is 2.28. The van der Waals surface area contributed by atoms with Crippen LogP contribution in [-0.2, 0) is 0 Å². The molecule has 0 saturated heterocycles. The topological polar surface area (TPSA) is 137 Å². The summed E-state index contributed by atoms with van der Waals surface area (Å²) in [6.45, 7) is 1.91. The van der Waals surface area contributed by atoms with Crippen molar-refractivity contribution in [2.24, 2.45) is 5.10 Å².